The van der Waals surface area contributed by atoms with E-state index in [1.54, 1.807) is 19.4 Å². The van der Waals surface area contributed by atoms with Crippen LogP contribution < -0.4 is 5.32 Å². The Labute approximate surface area is 58.7 Å². The zero-order valence-electron chi connectivity index (χ0n) is 5.72. The number of carbonyl (C=O) groups is 1. The molecular weight excluding hydrogens is 130 g/mol. The highest BCUT2D eigenvalue weighted by atomic mass is 16.1. The fraction of sp³-hybridized carbons (Fsp3) is 0.333. The number of nitrogens with one attached hydrogen (secondary N) is 2. The molecule has 0 bridgehead atoms. The predicted octanol–water partition coefficient (Wildman–Crippen LogP) is -0.302. The summed E-state index contributed by atoms with van der Waals surface area (Å²) in [5.41, 5.74) is 0. The molecule has 0 aromatic carbocycles. The van der Waals surface area contributed by atoms with Gasteiger partial charge in [-0.1, -0.05) is 0 Å². The highest BCUT2D eigenvalue weighted by Gasteiger charge is 2.00. The third kappa shape index (κ3) is 1.58. The van der Waals surface area contributed by atoms with Crippen LogP contribution in [-0.2, 0) is 11.2 Å². The quantitative estimate of drug-likeness (QED) is 0.591. The number of imidazole rings is 1. The summed E-state index contributed by atoms with van der Waals surface area (Å²) in [4.78, 5) is 17.4. The molecule has 0 radical (unpaired) electrons. The first-order valence-corrected chi connectivity index (χ1v) is 3.02. The highest BCUT2D eigenvalue weighted by Crippen LogP contribution is 1.88. The van der Waals surface area contributed by atoms with Crippen molar-refractivity contribution in [3.05, 3.63) is 18.2 Å². The second kappa shape index (κ2) is 3.00. The second-order valence-electron chi connectivity index (χ2n) is 1.89. The zero-order valence-corrected chi connectivity index (χ0v) is 5.72. The molecule has 0 aliphatic carbocycles. The normalized spacial score (nSPS) is 9.30. The van der Waals surface area contributed by atoms with Gasteiger partial charge in [-0.25, -0.2) is 4.98 Å². The standard InChI is InChI=1S/C6H9N3O/c1-7-6(10)4-5-8-2-3-9-5/h2-3H,4H2,1H3,(H,7,10)(H,8,9). The van der Waals surface area contributed by atoms with Crippen molar-refractivity contribution < 1.29 is 4.79 Å². The Hall–Kier alpha value is -1.32. The minimum Gasteiger partial charge on any atom is -0.359 e. The van der Waals surface area contributed by atoms with E-state index >= 15 is 0 Å². The van der Waals surface area contributed by atoms with E-state index in [1.165, 1.54) is 0 Å². The van der Waals surface area contributed by atoms with Gasteiger partial charge >= 0.3 is 0 Å². The van der Waals surface area contributed by atoms with Crippen LogP contribution in [0.25, 0.3) is 0 Å². The molecule has 0 fully saturated rings. The van der Waals surface area contributed by atoms with Crippen LogP contribution in [0.15, 0.2) is 12.4 Å². The number of H-pyrrole nitrogens is 1. The predicted molar refractivity (Wildman–Crippen MR) is 36.4 cm³/mol. The van der Waals surface area contributed by atoms with Crippen molar-refractivity contribution in [2.75, 3.05) is 7.05 Å². The fourth-order valence-electron chi connectivity index (χ4n) is 0.635. The first kappa shape index (κ1) is 6.80. The number of aromatic amines is 1. The minimum atomic E-state index is -0.0325. The topological polar surface area (TPSA) is 57.8 Å². The fourth-order valence-corrected chi connectivity index (χ4v) is 0.635. The zero-order chi connectivity index (χ0) is 7.40. The average Bonchev–Trinajstić information content (AvgIpc) is 2.40. The van der Waals surface area contributed by atoms with Gasteiger partial charge in [0.1, 0.15) is 5.82 Å². The van der Waals surface area contributed by atoms with E-state index in [0.717, 1.165) is 0 Å². The monoisotopic (exact) mass is 139 g/mol. The first-order valence-electron chi connectivity index (χ1n) is 3.02. The summed E-state index contributed by atoms with van der Waals surface area (Å²) in [5, 5.41) is 2.50. The van der Waals surface area contributed by atoms with Gasteiger partial charge in [-0.15, -0.1) is 0 Å². The summed E-state index contributed by atoms with van der Waals surface area (Å²) in [6.07, 6.45) is 3.64. The smallest absolute Gasteiger partial charge is 0.227 e. The summed E-state index contributed by atoms with van der Waals surface area (Å²) in [6.45, 7) is 0. The second-order valence-corrected chi connectivity index (χ2v) is 1.89. The van der Waals surface area contributed by atoms with Crippen LogP contribution >= 0.6 is 0 Å². The lowest BCUT2D eigenvalue weighted by Gasteiger charge is -1.93. The summed E-state index contributed by atoms with van der Waals surface area (Å²) in [6, 6.07) is 0. The maximum Gasteiger partial charge on any atom is 0.227 e. The van der Waals surface area contributed by atoms with Gasteiger partial charge in [0.25, 0.3) is 0 Å². The number of aromatic nitrogens is 2. The van der Waals surface area contributed by atoms with Gasteiger partial charge in [-0.2, -0.15) is 0 Å². The summed E-state index contributed by atoms with van der Waals surface area (Å²) in [5.74, 6) is 0.661. The molecule has 0 spiro atoms. The van der Waals surface area contributed by atoms with Crippen LogP contribution in [0.3, 0.4) is 0 Å². The van der Waals surface area contributed by atoms with Crippen molar-refractivity contribution >= 4 is 5.91 Å². The van der Waals surface area contributed by atoms with Crippen molar-refractivity contribution in [2.24, 2.45) is 0 Å². The Morgan fingerprint density at radius 3 is 3.20 bits per heavy atom. The summed E-state index contributed by atoms with van der Waals surface area (Å²) >= 11 is 0. The van der Waals surface area contributed by atoms with Gasteiger partial charge in [0.2, 0.25) is 5.91 Å². The van der Waals surface area contributed by atoms with Gasteiger partial charge in [0, 0.05) is 19.4 Å². The lowest BCUT2D eigenvalue weighted by molar-refractivity contribution is -0.120. The molecule has 0 saturated carbocycles. The molecule has 0 atom stereocenters. The Morgan fingerprint density at radius 2 is 2.70 bits per heavy atom. The molecule has 10 heavy (non-hydrogen) atoms. The molecule has 1 amide bonds. The molecule has 1 heterocycles. The minimum absolute atomic E-state index is 0.0325. The molecule has 4 nitrogen and oxygen atoms in total. The molecule has 0 unspecified atom stereocenters. The molecule has 1 rings (SSSR count). The van der Waals surface area contributed by atoms with Crippen LogP contribution in [0, 0.1) is 0 Å². The molecule has 0 saturated heterocycles. The van der Waals surface area contributed by atoms with E-state index in [-0.39, 0.29) is 5.91 Å². The lowest BCUT2D eigenvalue weighted by atomic mass is 10.4. The number of carbonyl (C=O) groups excluding carboxylic acids is 1. The Morgan fingerprint density at radius 1 is 1.90 bits per heavy atom. The van der Waals surface area contributed by atoms with Crippen LogP contribution in [0.4, 0.5) is 0 Å². The van der Waals surface area contributed by atoms with Crippen LogP contribution in [0.5, 0.6) is 0 Å². The number of rotatable bonds is 2. The maximum atomic E-state index is 10.7. The highest BCUT2D eigenvalue weighted by molar-refractivity contribution is 5.77. The van der Waals surface area contributed by atoms with Crippen molar-refractivity contribution in [3.63, 3.8) is 0 Å². The van der Waals surface area contributed by atoms with E-state index in [2.05, 4.69) is 15.3 Å². The molecule has 1 aromatic rings. The van der Waals surface area contributed by atoms with Gasteiger partial charge in [0.15, 0.2) is 0 Å². The molecule has 0 aliphatic rings. The van der Waals surface area contributed by atoms with E-state index in [1.807, 2.05) is 0 Å². The molecule has 2 N–H and O–H groups in total. The van der Waals surface area contributed by atoms with E-state index in [9.17, 15) is 4.79 Å². The maximum absolute atomic E-state index is 10.7. The molecule has 0 aliphatic heterocycles. The third-order valence-corrected chi connectivity index (χ3v) is 1.16. The van der Waals surface area contributed by atoms with Crippen molar-refractivity contribution in [1.82, 2.24) is 15.3 Å². The van der Waals surface area contributed by atoms with Crippen molar-refractivity contribution in [1.29, 1.82) is 0 Å². The van der Waals surface area contributed by atoms with E-state index in [4.69, 9.17) is 0 Å². The van der Waals surface area contributed by atoms with Crippen LogP contribution in [0.1, 0.15) is 5.82 Å². The van der Waals surface area contributed by atoms with Crippen LogP contribution in [0.2, 0.25) is 0 Å². The number of amides is 1. The first-order chi connectivity index (χ1) is 4.83. The van der Waals surface area contributed by atoms with Gasteiger partial charge in [-0.05, 0) is 0 Å². The average molecular weight is 139 g/mol. The van der Waals surface area contributed by atoms with Crippen LogP contribution in [-0.4, -0.2) is 22.9 Å². The summed E-state index contributed by atoms with van der Waals surface area (Å²) < 4.78 is 0. The molecule has 54 valence electrons. The molecular formula is C6H9N3O. The van der Waals surface area contributed by atoms with Gasteiger partial charge in [0.05, 0.1) is 6.42 Å². The SMILES string of the molecule is CNC(=O)Cc1ncc[nH]1. The van der Waals surface area contributed by atoms with E-state index in [0.29, 0.717) is 12.2 Å². The van der Waals surface area contributed by atoms with Gasteiger partial charge < -0.3 is 10.3 Å². The molecule has 4 heteroatoms. The Kier molecular flexibility index (Phi) is 2.04. The van der Waals surface area contributed by atoms with Gasteiger partial charge in [-0.3, -0.25) is 4.79 Å². The number of hydrogen-bond acceptors (Lipinski definition) is 2. The largest absolute Gasteiger partial charge is 0.359 e. The van der Waals surface area contributed by atoms with Crippen molar-refractivity contribution in [3.8, 4) is 0 Å². The number of likely N-dealkylation sites (N-methyl/N-ethyl adjacent to an activating group) is 1. The van der Waals surface area contributed by atoms with Crippen molar-refractivity contribution in [2.45, 2.75) is 6.42 Å². The van der Waals surface area contributed by atoms with E-state index < -0.39 is 0 Å². The molecule has 1 aromatic heterocycles. The Balaban J connectivity index is 2.48. The third-order valence-electron chi connectivity index (χ3n) is 1.16. The number of nitrogens with zero attached hydrogens (tertiary/aromatic N) is 1. The number of hydrogen-bond donors (Lipinski definition) is 2. The lowest BCUT2D eigenvalue weighted by Crippen LogP contribution is -2.20. The summed E-state index contributed by atoms with van der Waals surface area (Å²) in [7, 11) is 1.60. The Bertz CT molecular complexity index is 205.